The molecular weight excluding hydrogens is 742 g/mol. The number of methoxy groups -OCH3 is 2. The summed E-state index contributed by atoms with van der Waals surface area (Å²) < 4.78 is 23.9. The summed E-state index contributed by atoms with van der Waals surface area (Å²) in [6.45, 7) is 7.66. The normalized spacial score (nSPS) is 11.4. The SMILES string of the molecule is C.COc1cc2c(cc1-c1c(C)noc1C)[nH]c1ccnc(Cl)c12.COc1cc2c(cc1-c1c(C)noc1C)[nH]c1ccnc(Nc3nn(C)c4ccccc34)c12. The third-order valence-corrected chi connectivity index (χ3v) is 10.5. The fourth-order valence-electron chi connectivity index (χ4n) is 7.68. The quantitative estimate of drug-likeness (QED) is 0.139. The van der Waals surface area contributed by atoms with Gasteiger partial charge < -0.3 is 33.8 Å². The number of nitrogens with one attached hydrogen (secondary N) is 3. The van der Waals surface area contributed by atoms with Crippen LogP contribution < -0.4 is 14.8 Å². The van der Waals surface area contributed by atoms with Crippen LogP contribution in [0.4, 0.5) is 11.6 Å². The molecular formula is C43H40ClN9O4. The summed E-state index contributed by atoms with van der Waals surface area (Å²) in [7, 11) is 5.26. The van der Waals surface area contributed by atoms with Crippen molar-refractivity contribution in [3.05, 3.63) is 101 Å². The van der Waals surface area contributed by atoms with Gasteiger partial charge in [-0.1, -0.05) is 41.5 Å². The molecule has 0 radical (unpaired) electrons. The molecule has 0 spiro atoms. The Balaban J connectivity index is 0.000000167. The van der Waals surface area contributed by atoms with Crippen molar-refractivity contribution in [3.8, 4) is 33.8 Å². The second-order valence-corrected chi connectivity index (χ2v) is 13.9. The number of aromatic nitrogens is 8. The maximum atomic E-state index is 6.27. The Hall–Kier alpha value is -6.86. The number of nitrogens with zero attached hydrogens (tertiary/aromatic N) is 6. The number of hydrogen-bond donors (Lipinski definition) is 3. The zero-order valence-electron chi connectivity index (χ0n) is 31.6. The number of para-hydroxylation sites is 1. The van der Waals surface area contributed by atoms with E-state index in [1.807, 2.05) is 88.0 Å². The molecule has 14 heteroatoms. The molecule has 0 amide bonds. The van der Waals surface area contributed by atoms with Crippen LogP contribution in [0.15, 0.2) is 82.1 Å². The van der Waals surface area contributed by atoms with E-state index in [9.17, 15) is 0 Å². The molecule has 3 N–H and O–H groups in total. The van der Waals surface area contributed by atoms with Crippen molar-refractivity contribution >= 4 is 77.8 Å². The molecule has 0 saturated heterocycles. The first-order valence-electron chi connectivity index (χ1n) is 17.8. The Morgan fingerprint density at radius 3 is 1.77 bits per heavy atom. The van der Waals surface area contributed by atoms with Crippen LogP contribution in [0.5, 0.6) is 11.5 Å². The number of aromatic amines is 2. The predicted octanol–water partition coefficient (Wildman–Crippen LogP) is 10.9. The minimum atomic E-state index is 0. The highest BCUT2D eigenvalue weighted by atomic mass is 35.5. The van der Waals surface area contributed by atoms with Gasteiger partial charge in [-0.2, -0.15) is 5.10 Å². The molecule has 7 heterocycles. The lowest BCUT2D eigenvalue weighted by Gasteiger charge is -2.09. The number of benzene rings is 3. The van der Waals surface area contributed by atoms with E-state index in [0.29, 0.717) is 5.15 Å². The van der Waals surface area contributed by atoms with Crippen molar-refractivity contribution in [2.45, 2.75) is 35.1 Å². The second kappa shape index (κ2) is 14.3. The highest BCUT2D eigenvalue weighted by molar-refractivity contribution is 6.36. The Morgan fingerprint density at radius 2 is 1.21 bits per heavy atom. The maximum Gasteiger partial charge on any atom is 0.161 e. The van der Waals surface area contributed by atoms with Gasteiger partial charge >= 0.3 is 0 Å². The van der Waals surface area contributed by atoms with Crippen molar-refractivity contribution in [2.24, 2.45) is 7.05 Å². The first-order valence-corrected chi connectivity index (χ1v) is 18.2. The van der Waals surface area contributed by atoms with E-state index >= 15 is 0 Å². The molecule has 288 valence electrons. The van der Waals surface area contributed by atoms with Crippen LogP contribution in [0.25, 0.3) is 76.8 Å². The topological polar surface area (TPSA) is 158 Å². The minimum absolute atomic E-state index is 0. The summed E-state index contributed by atoms with van der Waals surface area (Å²) in [6.07, 6.45) is 3.48. The summed E-state index contributed by atoms with van der Waals surface area (Å²) in [4.78, 5) is 15.7. The summed E-state index contributed by atoms with van der Waals surface area (Å²) in [5.74, 6) is 4.50. The number of rotatable bonds is 6. The average molecular weight is 782 g/mol. The van der Waals surface area contributed by atoms with Gasteiger partial charge in [-0.15, -0.1) is 0 Å². The van der Waals surface area contributed by atoms with Crippen LogP contribution in [-0.4, -0.2) is 54.2 Å². The van der Waals surface area contributed by atoms with E-state index < -0.39 is 0 Å². The lowest BCUT2D eigenvalue weighted by atomic mass is 10.0. The van der Waals surface area contributed by atoms with Crippen LogP contribution in [0.3, 0.4) is 0 Å². The third kappa shape index (κ3) is 6.07. The number of halogens is 1. The van der Waals surface area contributed by atoms with E-state index in [1.165, 1.54) is 0 Å². The lowest BCUT2D eigenvalue weighted by Crippen LogP contribution is -1.96. The largest absolute Gasteiger partial charge is 0.496 e. The van der Waals surface area contributed by atoms with Crippen molar-refractivity contribution in [1.29, 1.82) is 0 Å². The van der Waals surface area contributed by atoms with Crippen molar-refractivity contribution in [1.82, 2.24) is 40.0 Å². The molecule has 10 rings (SSSR count). The molecule has 13 nitrogen and oxygen atoms in total. The van der Waals surface area contributed by atoms with Gasteiger partial charge in [0.25, 0.3) is 0 Å². The van der Waals surface area contributed by atoms with Gasteiger partial charge in [-0.05, 0) is 76.2 Å². The first kappa shape index (κ1) is 37.1. The fourth-order valence-corrected chi connectivity index (χ4v) is 7.94. The molecule has 0 aliphatic rings. The standard InChI is InChI=1S/C25H22N6O2.C17H14ClN3O2.CH4/c1-13-22(14(2)33-30-13)17-11-19-16(12-21(17)32-4)23-18(27-19)9-10-26-25(23)28-24-15-7-5-6-8-20(15)31(3)29-24;1-8-15(9(2)23-21-8)11-6-13-10(7-14(11)22-3)16-12(20-13)4-5-19-17(16)18;/h5-12,27H,1-4H3,(H,26,28,29);4-7,20H,1-3H3;1H4. The van der Waals surface area contributed by atoms with Crippen LogP contribution in [0.2, 0.25) is 5.15 Å². The van der Waals surface area contributed by atoms with Gasteiger partial charge in [-0.3, -0.25) is 4.68 Å². The highest BCUT2D eigenvalue weighted by Gasteiger charge is 2.22. The smallest absolute Gasteiger partial charge is 0.161 e. The Morgan fingerprint density at radius 1 is 0.667 bits per heavy atom. The number of pyridine rings is 2. The first-order chi connectivity index (χ1) is 27.1. The molecule has 0 aliphatic carbocycles. The van der Waals surface area contributed by atoms with Gasteiger partial charge in [0.05, 0.1) is 58.7 Å². The monoisotopic (exact) mass is 781 g/mol. The number of fused-ring (bicyclic) bond motifs is 7. The molecule has 0 bridgehead atoms. The molecule has 3 aromatic carbocycles. The lowest BCUT2D eigenvalue weighted by molar-refractivity contribution is 0.393. The number of ether oxygens (including phenoxy) is 2. The van der Waals surface area contributed by atoms with Gasteiger partial charge in [0.1, 0.15) is 34.0 Å². The zero-order chi connectivity index (χ0) is 38.8. The maximum absolute atomic E-state index is 6.27. The minimum Gasteiger partial charge on any atom is -0.496 e. The van der Waals surface area contributed by atoms with Crippen LogP contribution in [0, 0.1) is 27.7 Å². The van der Waals surface area contributed by atoms with Gasteiger partial charge in [0.15, 0.2) is 5.82 Å². The summed E-state index contributed by atoms with van der Waals surface area (Å²) >= 11 is 6.27. The molecule has 0 atom stereocenters. The summed E-state index contributed by atoms with van der Waals surface area (Å²) in [6, 6.07) is 20.1. The average Bonchev–Trinajstić information content (AvgIpc) is 4.00. The summed E-state index contributed by atoms with van der Waals surface area (Å²) in [5, 5.41) is 21.6. The number of H-pyrrole nitrogens is 2. The second-order valence-electron chi connectivity index (χ2n) is 13.6. The van der Waals surface area contributed by atoms with Gasteiger partial charge in [0.2, 0.25) is 0 Å². The van der Waals surface area contributed by atoms with E-state index in [1.54, 1.807) is 26.6 Å². The van der Waals surface area contributed by atoms with Crippen molar-refractivity contribution in [2.75, 3.05) is 19.5 Å². The van der Waals surface area contributed by atoms with E-state index in [4.69, 9.17) is 30.1 Å². The zero-order valence-corrected chi connectivity index (χ0v) is 32.4. The van der Waals surface area contributed by atoms with Crippen molar-refractivity contribution in [3.63, 3.8) is 0 Å². The van der Waals surface area contributed by atoms with E-state index in [0.717, 1.165) is 123 Å². The van der Waals surface area contributed by atoms with Crippen molar-refractivity contribution < 1.29 is 18.5 Å². The third-order valence-electron chi connectivity index (χ3n) is 10.2. The molecule has 0 aliphatic heterocycles. The molecule has 0 unspecified atom stereocenters. The van der Waals surface area contributed by atoms with E-state index in [-0.39, 0.29) is 7.43 Å². The Labute approximate surface area is 331 Å². The predicted molar refractivity (Wildman–Crippen MR) is 226 cm³/mol. The number of hydrogen-bond acceptors (Lipinski definition) is 10. The molecule has 7 aromatic heterocycles. The van der Waals surface area contributed by atoms with Crippen LogP contribution in [-0.2, 0) is 7.05 Å². The highest BCUT2D eigenvalue weighted by Crippen LogP contribution is 2.43. The Bertz CT molecular complexity index is 3090. The number of aryl methyl sites for hydroxylation is 5. The molecule has 0 saturated carbocycles. The number of anilines is 2. The van der Waals surface area contributed by atoms with Gasteiger partial charge in [-0.25, -0.2) is 9.97 Å². The fraction of sp³-hybridized carbons (Fsp3) is 0.186. The molecule has 57 heavy (non-hydrogen) atoms. The van der Waals surface area contributed by atoms with Gasteiger partial charge in [0, 0.05) is 63.1 Å². The van der Waals surface area contributed by atoms with E-state index in [2.05, 4.69) is 52.8 Å². The molecule has 0 fully saturated rings. The van der Waals surface area contributed by atoms with Crippen LogP contribution >= 0.6 is 11.6 Å². The molecule has 10 aromatic rings. The Kier molecular flexibility index (Phi) is 9.32. The summed E-state index contributed by atoms with van der Waals surface area (Å²) in [5.41, 5.74) is 10.3. The van der Waals surface area contributed by atoms with Crippen LogP contribution in [0.1, 0.15) is 30.3 Å².